The van der Waals surface area contributed by atoms with Crippen LogP contribution in [0.3, 0.4) is 0 Å². The van der Waals surface area contributed by atoms with Gasteiger partial charge < -0.3 is 6.08 Å². The fraction of sp³-hybridized carbons (Fsp3) is 0.500. The number of rotatable bonds is 7. The molecule has 2 aromatic carbocycles. The van der Waals surface area contributed by atoms with Gasteiger partial charge in [0.25, 0.3) is 0 Å². The molecule has 2 aliphatic carbocycles. The van der Waals surface area contributed by atoms with E-state index in [9.17, 15) is 0 Å². The molecule has 2 fully saturated rings. The number of benzene rings is 2. The Hall–Kier alpha value is -1.20. The van der Waals surface area contributed by atoms with Gasteiger partial charge in [0, 0.05) is 0 Å². The van der Waals surface area contributed by atoms with Gasteiger partial charge in [-0.05, 0) is 0 Å². The van der Waals surface area contributed by atoms with E-state index in [0.29, 0.717) is 0 Å². The summed E-state index contributed by atoms with van der Waals surface area (Å²) in [6.45, 7) is 4.42. The quantitative estimate of drug-likeness (QED) is 0.194. The maximum atomic E-state index is 3.61. The molecule has 2 aromatic rings. The summed E-state index contributed by atoms with van der Waals surface area (Å²) in [4.78, 5) is 0. The topological polar surface area (TPSA) is 0 Å². The molecule has 174 valence electrons. The van der Waals surface area contributed by atoms with E-state index in [1.165, 1.54) is 80.9 Å². The van der Waals surface area contributed by atoms with Gasteiger partial charge in [-0.3, -0.25) is 11.1 Å². The van der Waals surface area contributed by atoms with Crippen molar-refractivity contribution < 1.29 is 26.2 Å². The van der Waals surface area contributed by atoms with Gasteiger partial charge >= 0.3 is 26.2 Å². The Labute approximate surface area is 224 Å². The van der Waals surface area contributed by atoms with Crippen molar-refractivity contribution in [3.63, 3.8) is 0 Å². The van der Waals surface area contributed by atoms with Crippen molar-refractivity contribution >= 4 is 5.57 Å². The Morgan fingerprint density at radius 3 is 1.52 bits per heavy atom. The molecule has 0 nitrogen and oxygen atoms in total. The maximum Gasteiger partial charge on any atom is 4.00 e. The first-order valence-electron chi connectivity index (χ1n) is 13.2. The fourth-order valence-electron chi connectivity index (χ4n) is 4.19. The van der Waals surface area contributed by atoms with Crippen LogP contribution in [-0.4, -0.2) is 0 Å². The molecule has 4 rings (SSSR count). The summed E-state index contributed by atoms with van der Waals surface area (Å²) in [5.74, 6) is 0. The van der Waals surface area contributed by atoms with E-state index in [4.69, 9.17) is 0 Å². The van der Waals surface area contributed by atoms with Gasteiger partial charge in [0.15, 0.2) is 0 Å². The van der Waals surface area contributed by atoms with Gasteiger partial charge in [0.1, 0.15) is 0 Å². The molecule has 0 atom stereocenters. The average molecular weight is 520 g/mol. The van der Waals surface area contributed by atoms with Crippen molar-refractivity contribution in [2.45, 2.75) is 104 Å². The second kappa shape index (κ2) is 20.2. The molecule has 0 spiro atoms. The van der Waals surface area contributed by atoms with Crippen LogP contribution in [0.2, 0.25) is 0 Å². The van der Waals surface area contributed by atoms with E-state index in [1.807, 2.05) is 6.07 Å². The Kier molecular flexibility index (Phi) is 18.3. The van der Waals surface area contributed by atoms with E-state index in [1.54, 1.807) is 0 Å². The molecule has 1 heteroatoms. The summed E-state index contributed by atoms with van der Waals surface area (Å²) in [6.07, 6.45) is 26.5. The van der Waals surface area contributed by atoms with Crippen molar-refractivity contribution in [3.05, 3.63) is 89.5 Å². The van der Waals surface area contributed by atoms with Gasteiger partial charge in [-0.1, -0.05) is 134 Å². The molecule has 0 unspecified atom stereocenters. The molecule has 0 amide bonds. The summed E-state index contributed by atoms with van der Waals surface area (Å²) >= 11 is 0. The number of hydrogen-bond donors (Lipinski definition) is 0. The molecule has 0 N–H and O–H groups in total. The molecule has 2 aliphatic rings. The Bertz CT molecular complexity index is 724. The third kappa shape index (κ3) is 13.3. The average Bonchev–Trinajstić information content (AvgIpc) is 3.61. The van der Waals surface area contributed by atoms with Gasteiger partial charge in [-0.2, -0.15) is 5.56 Å². The normalized spacial score (nSPS) is 15.6. The van der Waals surface area contributed by atoms with Crippen molar-refractivity contribution in [1.82, 2.24) is 0 Å². The van der Waals surface area contributed by atoms with Crippen LogP contribution in [0.4, 0.5) is 0 Å². The monoisotopic (exact) mass is 518 g/mol. The van der Waals surface area contributed by atoms with Crippen LogP contribution in [0.5, 0.6) is 0 Å². The molecule has 0 bridgehead atoms. The second-order valence-electron chi connectivity index (χ2n) is 8.92. The van der Waals surface area contributed by atoms with Crippen LogP contribution in [0.15, 0.2) is 66.2 Å². The minimum atomic E-state index is 0. The molecule has 0 saturated heterocycles. The van der Waals surface area contributed by atoms with Crippen LogP contribution in [0.1, 0.15) is 115 Å². The Morgan fingerprint density at radius 2 is 1.09 bits per heavy atom. The van der Waals surface area contributed by atoms with Crippen molar-refractivity contribution in [2.24, 2.45) is 0 Å². The Morgan fingerprint density at radius 1 is 0.636 bits per heavy atom. The summed E-state index contributed by atoms with van der Waals surface area (Å²) in [5.41, 5.74) is 4.81. The van der Waals surface area contributed by atoms with E-state index in [0.717, 1.165) is 31.2 Å². The predicted octanol–water partition coefficient (Wildman–Crippen LogP) is 10.1. The number of unbranched alkanes of at least 4 members (excludes halogenated alkanes) is 1. The van der Waals surface area contributed by atoms with Crippen LogP contribution < -0.4 is 0 Å². The fourth-order valence-corrected chi connectivity index (χ4v) is 4.19. The zero-order valence-corrected chi connectivity index (χ0v) is 23.6. The zero-order chi connectivity index (χ0) is 22.7. The standard InChI is InChI=1S/C22H24.2C5H10.Zr/c1-3-5-15-20(12-4-2)22(21-16-10-7-11-17-21)18-19-13-8-6-9-14-19;2*1-2-4-5-3-1;/h6-11,13-14,16-17H,3-5,12H2,1-2H3;2*1-5H2;/q-2;;;+4. The van der Waals surface area contributed by atoms with Gasteiger partial charge in [-0.25, -0.2) is 6.08 Å². The molecule has 33 heavy (non-hydrogen) atoms. The summed E-state index contributed by atoms with van der Waals surface area (Å²) in [7, 11) is 0. The van der Waals surface area contributed by atoms with Crippen LogP contribution in [0.25, 0.3) is 5.57 Å². The minimum Gasteiger partial charge on any atom is -0.313 e. The van der Waals surface area contributed by atoms with E-state index < -0.39 is 0 Å². The Balaban J connectivity index is 0.000000404. The molecular weight excluding hydrogens is 476 g/mol. The largest absolute Gasteiger partial charge is 4.00 e. The first-order valence-corrected chi connectivity index (χ1v) is 13.2. The molecule has 0 aliphatic heterocycles. The van der Waals surface area contributed by atoms with Gasteiger partial charge in [0.05, 0.1) is 0 Å². The van der Waals surface area contributed by atoms with E-state index in [2.05, 4.69) is 80.6 Å². The van der Waals surface area contributed by atoms with Crippen molar-refractivity contribution in [3.8, 4) is 0 Å². The number of hydrogen-bond acceptors (Lipinski definition) is 0. The first kappa shape index (κ1) is 29.8. The number of allylic oxidation sites excluding steroid dienone is 3. The van der Waals surface area contributed by atoms with Crippen molar-refractivity contribution in [2.75, 3.05) is 0 Å². The van der Waals surface area contributed by atoms with Crippen LogP contribution in [0, 0.1) is 12.2 Å². The maximum absolute atomic E-state index is 3.61. The smallest absolute Gasteiger partial charge is 0.313 e. The van der Waals surface area contributed by atoms with Crippen LogP contribution >= 0.6 is 0 Å². The van der Waals surface area contributed by atoms with Crippen LogP contribution in [-0.2, 0) is 26.2 Å². The second-order valence-corrected chi connectivity index (χ2v) is 8.92. The molecule has 0 radical (unpaired) electrons. The summed E-state index contributed by atoms with van der Waals surface area (Å²) in [5, 5.41) is 0. The molecular formula is C32H44Zr+2. The third-order valence-corrected chi connectivity index (χ3v) is 6.00. The zero-order valence-electron chi connectivity index (χ0n) is 21.2. The van der Waals surface area contributed by atoms with E-state index in [-0.39, 0.29) is 26.2 Å². The molecule has 0 aromatic heterocycles. The SMILES string of the molecule is C1CCCC1.C1CCCC1.CCC[C-]=C(CCC)C(=[C-]c1ccccc1)c1ccccc1.[Zr+4]. The van der Waals surface area contributed by atoms with E-state index >= 15 is 0 Å². The van der Waals surface area contributed by atoms with Gasteiger partial charge in [0.2, 0.25) is 0 Å². The summed E-state index contributed by atoms with van der Waals surface area (Å²) in [6, 6.07) is 20.9. The summed E-state index contributed by atoms with van der Waals surface area (Å²) < 4.78 is 0. The first-order chi connectivity index (χ1) is 15.8. The minimum absolute atomic E-state index is 0. The molecule has 0 heterocycles. The third-order valence-electron chi connectivity index (χ3n) is 6.00. The van der Waals surface area contributed by atoms with Gasteiger partial charge in [-0.15, -0.1) is 36.2 Å². The molecule has 2 saturated carbocycles. The van der Waals surface area contributed by atoms with Crippen molar-refractivity contribution in [1.29, 1.82) is 0 Å². The predicted molar refractivity (Wildman–Crippen MR) is 141 cm³/mol.